The Morgan fingerprint density at radius 3 is 2.49 bits per heavy atom. The molecule has 2 amide bonds. The fourth-order valence-corrected chi connectivity index (χ4v) is 8.45. The van der Waals surface area contributed by atoms with E-state index in [4.69, 9.17) is 15.0 Å². The summed E-state index contributed by atoms with van der Waals surface area (Å²) >= 11 is 0. The molecule has 0 radical (unpaired) electrons. The van der Waals surface area contributed by atoms with Gasteiger partial charge >= 0.3 is 7.12 Å². The molecule has 4 aliphatic carbocycles. The van der Waals surface area contributed by atoms with Crippen molar-refractivity contribution in [3.8, 4) is 0 Å². The summed E-state index contributed by atoms with van der Waals surface area (Å²) < 4.78 is 13.3. The van der Waals surface area contributed by atoms with E-state index in [1.54, 1.807) is 0 Å². The third kappa shape index (κ3) is 9.11. The number of nitrogens with two attached hydrogens (primary N) is 1. The number of carbonyl (C=O) groups excluding carboxylic acids is 2. The topological polar surface area (TPSA) is 170 Å². The van der Waals surface area contributed by atoms with E-state index in [9.17, 15) is 19.7 Å². The minimum absolute atomic E-state index is 0.00560. The Hall–Kier alpha value is -2.41. The van der Waals surface area contributed by atoms with Gasteiger partial charge in [-0.2, -0.15) is 0 Å². The van der Waals surface area contributed by atoms with Crippen LogP contribution in [0.25, 0.3) is 0 Å². The van der Waals surface area contributed by atoms with Crippen molar-refractivity contribution in [1.82, 2.24) is 16.1 Å². The largest absolute Gasteiger partial charge is 0.481 e. The van der Waals surface area contributed by atoms with E-state index >= 15 is 0 Å². The van der Waals surface area contributed by atoms with Crippen molar-refractivity contribution in [3.63, 3.8) is 0 Å². The molecule has 5 fully saturated rings. The van der Waals surface area contributed by atoms with Crippen molar-refractivity contribution in [2.45, 2.75) is 148 Å². The van der Waals surface area contributed by atoms with Gasteiger partial charge in [0.1, 0.15) is 6.04 Å². The fraction of sp³-hybridized carbons (Fsp3) is 0.906. The van der Waals surface area contributed by atoms with Crippen molar-refractivity contribution in [3.05, 3.63) is 10.1 Å². The molecule has 4 saturated carbocycles. The second-order valence-corrected chi connectivity index (χ2v) is 15.2. The van der Waals surface area contributed by atoms with Crippen LogP contribution in [-0.4, -0.2) is 60.2 Å². The van der Waals surface area contributed by atoms with Crippen LogP contribution in [-0.2, 0) is 18.9 Å². The maximum atomic E-state index is 13.8. The second kappa shape index (κ2) is 15.5. The number of hydrazine groups is 1. The monoisotopic (exact) mass is 632 g/mol. The highest BCUT2D eigenvalue weighted by molar-refractivity contribution is 6.48. The van der Waals surface area contributed by atoms with Crippen LogP contribution in [0.2, 0.25) is 0 Å². The number of nitro groups is 1. The molecule has 5 aliphatic rings. The molecule has 5 N–H and O–H groups in total. The molecule has 0 unspecified atom stereocenters. The van der Waals surface area contributed by atoms with Gasteiger partial charge in [-0.1, -0.05) is 78.1 Å². The number of carbonyl (C=O) groups is 2. The smallest absolute Gasteiger partial charge is 0.404 e. The minimum Gasteiger partial charge on any atom is -0.404 e. The standard InChI is InChI=1S/C32H57BN6O6/c1-21(2)18-27(33-44-26-20-23-19-25(31(23,3)4)32(26,5)45-33)37-29(41)24(15-11-17-35-30(34)38-39(42)43)36-28(40)16-10-9-14-22-12-7-6-8-13-22/h21-27H,6-20H2,1-5H3,(H,36,40)(H,37,41)(H3,34,35,38)/t23-,24+,25-,26-,27+,32+/m1/s1. The zero-order valence-corrected chi connectivity index (χ0v) is 28.1. The number of nitrogens with one attached hydrogen (secondary N) is 3. The van der Waals surface area contributed by atoms with Gasteiger partial charge < -0.3 is 25.7 Å². The molecule has 0 aromatic heterocycles. The third-order valence-corrected chi connectivity index (χ3v) is 11.1. The van der Waals surface area contributed by atoms with Crippen LogP contribution < -0.4 is 21.8 Å². The molecular formula is C32H57BN6O6. The molecule has 1 aliphatic heterocycles. The first-order chi connectivity index (χ1) is 21.3. The SMILES string of the molecule is CC(C)C[C@H](NC(=O)[C@H](CCCN=C(N)N[N+](=O)[O-])NC(=O)CCCCC1CCCCC1)B1O[C@@H]2C[C@H]3C[C@H](C3(C)C)[C@]2(C)O1. The van der Waals surface area contributed by atoms with Gasteiger partial charge in [-0.05, 0) is 74.5 Å². The van der Waals surface area contributed by atoms with E-state index in [-0.39, 0.29) is 53.3 Å². The van der Waals surface area contributed by atoms with Crippen molar-refractivity contribution in [2.24, 2.45) is 39.8 Å². The van der Waals surface area contributed by atoms with Gasteiger partial charge in [0.2, 0.25) is 11.8 Å². The van der Waals surface area contributed by atoms with Crippen LogP contribution in [0.1, 0.15) is 125 Å². The lowest BCUT2D eigenvalue weighted by atomic mass is 9.43. The van der Waals surface area contributed by atoms with Gasteiger partial charge in [0, 0.05) is 13.0 Å². The van der Waals surface area contributed by atoms with Crippen molar-refractivity contribution in [2.75, 3.05) is 6.54 Å². The first kappa shape index (κ1) is 35.4. The molecular weight excluding hydrogens is 575 g/mol. The van der Waals surface area contributed by atoms with Crippen molar-refractivity contribution in [1.29, 1.82) is 0 Å². The average molecular weight is 633 g/mol. The lowest BCUT2D eigenvalue weighted by Crippen LogP contribution is -2.65. The molecule has 13 heteroatoms. The average Bonchev–Trinajstić information content (AvgIpc) is 3.33. The van der Waals surface area contributed by atoms with E-state index in [1.807, 2.05) is 5.43 Å². The number of guanidine groups is 1. The predicted molar refractivity (Wildman–Crippen MR) is 174 cm³/mol. The van der Waals surface area contributed by atoms with Gasteiger partial charge in [-0.3, -0.25) is 9.59 Å². The summed E-state index contributed by atoms with van der Waals surface area (Å²) in [4.78, 5) is 41.4. The van der Waals surface area contributed by atoms with E-state index < -0.39 is 18.2 Å². The van der Waals surface area contributed by atoms with Crippen LogP contribution in [0.5, 0.6) is 0 Å². The highest BCUT2D eigenvalue weighted by Gasteiger charge is 2.68. The second-order valence-electron chi connectivity index (χ2n) is 15.2. The van der Waals surface area contributed by atoms with Crippen LogP contribution in [0.15, 0.2) is 4.99 Å². The van der Waals surface area contributed by atoms with Gasteiger partial charge in [0.05, 0.1) is 17.6 Å². The number of hydrogen-bond acceptors (Lipinski definition) is 7. The van der Waals surface area contributed by atoms with Crippen LogP contribution >= 0.6 is 0 Å². The Balaban J connectivity index is 1.36. The summed E-state index contributed by atoms with van der Waals surface area (Å²) in [6.45, 7) is 11.2. The number of unbranched alkanes of at least 4 members (excludes halogenated alkanes) is 1. The molecule has 6 atom stereocenters. The number of rotatable bonds is 16. The van der Waals surface area contributed by atoms with Crippen molar-refractivity contribution < 1.29 is 23.9 Å². The summed E-state index contributed by atoms with van der Waals surface area (Å²) in [7, 11) is -0.560. The summed E-state index contributed by atoms with van der Waals surface area (Å²) in [5.74, 6) is 1.00. The molecule has 1 saturated heterocycles. The maximum Gasteiger partial charge on any atom is 0.481 e. The Labute approximate surface area is 269 Å². The van der Waals surface area contributed by atoms with Gasteiger partial charge in [0.15, 0.2) is 5.03 Å². The fourth-order valence-electron chi connectivity index (χ4n) is 8.45. The third-order valence-electron chi connectivity index (χ3n) is 11.1. The Bertz CT molecular complexity index is 1070. The van der Waals surface area contributed by atoms with Gasteiger partial charge in [-0.15, -0.1) is 0 Å². The Morgan fingerprint density at radius 1 is 1.09 bits per heavy atom. The highest BCUT2D eigenvalue weighted by atomic mass is 16.7. The Morgan fingerprint density at radius 2 is 1.82 bits per heavy atom. The molecule has 254 valence electrons. The molecule has 45 heavy (non-hydrogen) atoms. The number of aliphatic imine (C=N–C) groups is 1. The first-order valence-corrected chi connectivity index (χ1v) is 17.4. The predicted octanol–water partition coefficient (Wildman–Crippen LogP) is 4.29. The summed E-state index contributed by atoms with van der Waals surface area (Å²) in [5, 5.41) is 16.0. The number of amides is 2. The van der Waals surface area contributed by atoms with E-state index in [0.717, 1.165) is 38.0 Å². The lowest BCUT2D eigenvalue weighted by molar-refractivity contribution is -0.525. The summed E-state index contributed by atoms with van der Waals surface area (Å²) in [6, 6.07) is -0.781. The Kier molecular flexibility index (Phi) is 12.2. The zero-order valence-electron chi connectivity index (χ0n) is 28.1. The molecule has 1 heterocycles. The number of nitrogens with zero attached hydrogens (tertiary/aromatic N) is 2. The lowest BCUT2D eigenvalue weighted by Gasteiger charge is -2.64. The molecule has 0 spiro atoms. The normalized spacial score (nSPS) is 29.0. The first-order valence-electron chi connectivity index (χ1n) is 17.4. The van der Waals surface area contributed by atoms with E-state index in [2.05, 4.69) is 50.2 Å². The summed E-state index contributed by atoms with van der Waals surface area (Å²) in [5.41, 5.74) is 7.20. The van der Waals surface area contributed by atoms with E-state index in [1.165, 1.54) is 32.1 Å². The number of hydrogen-bond donors (Lipinski definition) is 4. The minimum atomic E-state index is -0.781. The molecule has 5 rings (SSSR count). The quantitative estimate of drug-likeness (QED) is 0.0488. The summed E-state index contributed by atoms with van der Waals surface area (Å²) in [6.07, 6.45) is 13.4. The maximum absolute atomic E-state index is 13.8. The molecule has 2 bridgehead atoms. The van der Waals surface area contributed by atoms with Crippen LogP contribution in [0, 0.1) is 39.2 Å². The van der Waals surface area contributed by atoms with E-state index in [0.29, 0.717) is 37.5 Å². The zero-order chi connectivity index (χ0) is 32.8. The van der Waals surface area contributed by atoms with Gasteiger partial charge in [-0.25, -0.2) is 15.1 Å². The van der Waals surface area contributed by atoms with Crippen LogP contribution in [0.4, 0.5) is 0 Å². The van der Waals surface area contributed by atoms with Crippen LogP contribution in [0.3, 0.4) is 0 Å². The molecule has 0 aromatic carbocycles. The van der Waals surface area contributed by atoms with Crippen molar-refractivity contribution >= 4 is 24.9 Å². The molecule has 12 nitrogen and oxygen atoms in total. The molecule has 0 aromatic rings. The highest BCUT2D eigenvalue weighted by Crippen LogP contribution is 2.65. The van der Waals surface area contributed by atoms with Gasteiger partial charge in [0.25, 0.3) is 5.96 Å².